The van der Waals surface area contributed by atoms with Crippen molar-refractivity contribution in [1.29, 1.82) is 0 Å². The monoisotopic (exact) mass is 203 g/mol. The number of hydrogen-bond donors (Lipinski definition) is 1. The van der Waals surface area contributed by atoms with E-state index in [9.17, 15) is 0 Å². The molecule has 5 nitrogen and oxygen atoms in total. The number of rotatable bonds is 0. The van der Waals surface area contributed by atoms with E-state index in [0.29, 0.717) is 0 Å². The Bertz CT molecular complexity index is 135. The summed E-state index contributed by atoms with van der Waals surface area (Å²) in [4.78, 5) is 8.58. The van der Waals surface area contributed by atoms with Crippen LogP contribution in [0.3, 0.4) is 0 Å². The molecule has 0 unspecified atom stereocenters. The Morgan fingerprint density at radius 2 is 1.40 bits per heavy atom. The van der Waals surface area contributed by atoms with Crippen molar-refractivity contribution in [3.05, 3.63) is 0 Å². The maximum Gasteiger partial charge on any atom is 1.00 e. The van der Waals surface area contributed by atoms with Gasteiger partial charge in [0.1, 0.15) is 0 Å². The van der Waals surface area contributed by atoms with Crippen LogP contribution in [0.5, 0.6) is 0 Å². The second-order valence-corrected chi connectivity index (χ2v) is 2.59. The van der Waals surface area contributed by atoms with E-state index in [1.807, 2.05) is 0 Å². The van der Waals surface area contributed by atoms with Gasteiger partial charge in [0, 0.05) is 0 Å². The van der Waals surface area contributed by atoms with E-state index in [2.05, 4.69) is 16.9 Å². The first-order valence-electron chi connectivity index (χ1n) is 1.24. The van der Waals surface area contributed by atoms with Crippen LogP contribution < -0.4 is 64.8 Å². The van der Waals surface area contributed by atoms with E-state index in [4.69, 9.17) is 18.1 Å². The average Bonchev–Trinajstić information content (AvgIpc) is 1.27. The van der Waals surface area contributed by atoms with Gasteiger partial charge in [0.25, 0.3) is 0 Å². The van der Waals surface area contributed by atoms with Crippen LogP contribution in [0.1, 0.15) is 0 Å². The molecule has 0 aliphatic heterocycles. The molecule has 2 N–H and O–H groups in total. The Hall–Kier alpha value is 1.76. The number of primary amides is 1. The van der Waals surface area contributed by atoms with Gasteiger partial charge in [0.15, 0.2) is 0 Å². The Labute approximate surface area is 108 Å². The summed E-state index contributed by atoms with van der Waals surface area (Å²) in [6, 6.07) is 0. The zero-order valence-corrected chi connectivity index (χ0v) is 11.2. The minimum atomic E-state index is -4.33. The second kappa shape index (κ2) is 13.4. The second-order valence-electron chi connectivity index (χ2n) is 0.544. The van der Waals surface area contributed by atoms with Gasteiger partial charge in [-0.15, -0.1) is 9.05 Å². The van der Waals surface area contributed by atoms with Gasteiger partial charge >= 0.3 is 59.1 Å². The molecule has 9 heteroatoms. The van der Waals surface area contributed by atoms with Crippen LogP contribution in [0.2, 0.25) is 0 Å². The summed E-state index contributed by atoms with van der Waals surface area (Å²) in [6.07, 6.45) is 0.250. The van der Waals surface area contributed by atoms with Gasteiger partial charge < -0.3 is 14.8 Å². The van der Waals surface area contributed by atoms with E-state index in [0.717, 1.165) is 0 Å². The van der Waals surface area contributed by atoms with Crippen LogP contribution in [0.15, 0.2) is 0 Å². The number of nitrogens with two attached hydrogens (primary N) is 1. The molecule has 0 radical (unpaired) electrons. The topological polar surface area (TPSA) is 106 Å². The summed E-state index contributed by atoms with van der Waals surface area (Å²) in [5.74, 6) is 0. The Morgan fingerprint density at radius 3 is 1.40 bits per heavy atom. The average molecular weight is 203 g/mol. The van der Waals surface area contributed by atoms with E-state index < -0.39 is 9.05 Å². The molecule has 0 aliphatic carbocycles. The summed E-state index contributed by atoms with van der Waals surface area (Å²) in [6.45, 7) is 0. The van der Waals surface area contributed by atoms with E-state index in [-0.39, 0.29) is 65.5 Å². The first-order chi connectivity index (χ1) is 3.41. The summed E-state index contributed by atoms with van der Waals surface area (Å²) in [5, 5.41) is 0. The predicted molar refractivity (Wildman–Crippen MR) is 27.3 cm³/mol. The molecule has 0 aliphatic rings. The maximum absolute atomic E-state index is 8.89. The predicted octanol–water partition coefficient (Wildman–Crippen LogP) is -7.90. The third-order valence-corrected chi connectivity index (χ3v) is 0. The molecule has 0 saturated carbocycles. The summed E-state index contributed by atoms with van der Waals surface area (Å²) in [7, 11) is -4.33. The number of carbonyl (C=O) groups is 1. The van der Waals surface area contributed by atoms with Gasteiger partial charge in [0.2, 0.25) is 6.41 Å². The zero-order chi connectivity index (χ0) is 7.21. The fourth-order valence-electron chi connectivity index (χ4n) is 0. The molecule has 0 saturated heterocycles. The van der Waals surface area contributed by atoms with Crippen molar-refractivity contribution in [3.63, 3.8) is 0 Å². The first kappa shape index (κ1) is 22.6. The fourth-order valence-corrected chi connectivity index (χ4v) is 0. The van der Waals surface area contributed by atoms with Gasteiger partial charge in [-0.2, -0.15) is 0 Å². The van der Waals surface area contributed by atoms with Gasteiger partial charge in [0.05, 0.1) is 0 Å². The van der Waals surface area contributed by atoms with Crippen molar-refractivity contribution in [2.45, 2.75) is 0 Å². The minimum absolute atomic E-state index is 0. The van der Waals surface area contributed by atoms with Crippen LogP contribution in [0, 0.1) is 0 Å². The summed E-state index contributed by atoms with van der Waals surface area (Å²) < 4.78 is 26.7. The fraction of sp³-hybridized carbons (Fsp3) is 0. The van der Waals surface area contributed by atoms with Crippen LogP contribution >= 0.6 is 0 Å². The smallest absolute Gasteiger partial charge is 0.780 e. The van der Waals surface area contributed by atoms with Gasteiger partial charge in [-0.25, -0.2) is 0 Å². The third-order valence-electron chi connectivity index (χ3n) is 0. The van der Waals surface area contributed by atoms with Crippen molar-refractivity contribution < 1.29 is 77.2 Å². The molecule has 0 spiro atoms. The standard InChI is InChI=1S/CH3NO.2Na.H2O3S2/c2-1-3;;;1-5(2,3)4/h1H,(H2,2,3);;;(H2,1,2,3,4)/q;2*+1;/p-2. The molecule has 0 fully saturated rings. The molecular formula is CH3NNa2O4S2. The summed E-state index contributed by atoms with van der Waals surface area (Å²) >= 11 is 3.24. The molecule has 0 rings (SSSR count). The molecule has 0 heterocycles. The van der Waals surface area contributed by atoms with Crippen molar-refractivity contribution in [2.75, 3.05) is 0 Å². The van der Waals surface area contributed by atoms with Crippen molar-refractivity contribution in [2.24, 2.45) is 5.73 Å². The normalized spacial score (nSPS) is 7.00. The summed E-state index contributed by atoms with van der Waals surface area (Å²) in [5.41, 5.74) is 4.17. The zero-order valence-electron chi connectivity index (χ0n) is 5.60. The Kier molecular flexibility index (Phi) is 30.2. The number of carbonyl (C=O) groups excluding carboxylic acids is 1. The molecule has 50 valence electrons. The third kappa shape index (κ3) is 242. The number of amides is 1. The van der Waals surface area contributed by atoms with Crippen LogP contribution in [0.25, 0.3) is 0 Å². The minimum Gasteiger partial charge on any atom is -0.780 e. The molecular weight excluding hydrogens is 200 g/mol. The first-order valence-corrected chi connectivity index (χ1v) is 3.57. The van der Waals surface area contributed by atoms with Gasteiger partial charge in [-0.1, -0.05) is 0 Å². The van der Waals surface area contributed by atoms with E-state index in [1.54, 1.807) is 0 Å². The van der Waals surface area contributed by atoms with E-state index in [1.165, 1.54) is 0 Å². The molecule has 0 aromatic heterocycles. The molecule has 0 bridgehead atoms. The quantitative estimate of drug-likeness (QED) is 0.311. The van der Waals surface area contributed by atoms with Crippen molar-refractivity contribution in [3.8, 4) is 0 Å². The molecule has 0 aromatic carbocycles. The molecule has 0 atom stereocenters. The SMILES string of the molecule is NC=O.O=S([O-])([O-])=S.[Na+].[Na+]. The molecule has 10 heavy (non-hydrogen) atoms. The molecule has 1 amide bonds. The van der Waals surface area contributed by atoms with Crippen LogP contribution in [-0.4, -0.2) is 19.7 Å². The van der Waals surface area contributed by atoms with Gasteiger partial charge in [-0.3, -0.25) is 9.00 Å². The van der Waals surface area contributed by atoms with Crippen molar-refractivity contribution >= 4 is 26.7 Å². The van der Waals surface area contributed by atoms with Crippen LogP contribution in [0.4, 0.5) is 0 Å². The molecule has 0 aromatic rings. The van der Waals surface area contributed by atoms with E-state index >= 15 is 0 Å². The Morgan fingerprint density at radius 1 is 1.40 bits per heavy atom. The van der Waals surface area contributed by atoms with Gasteiger partial charge in [-0.05, 0) is 11.2 Å². The number of hydrogen-bond acceptors (Lipinski definition) is 5. The largest absolute Gasteiger partial charge is 1.00 e. The van der Waals surface area contributed by atoms with Crippen molar-refractivity contribution in [1.82, 2.24) is 0 Å². The Balaban J connectivity index is -0.0000000326. The van der Waals surface area contributed by atoms with Crippen LogP contribution in [-0.2, 0) is 25.0 Å². The maximum atomic E-state index is 8.89.